The molecule has 1 aliphatic rings. The number of amides is 1. The molecule has 1 N–H and O–H groups in total. The average molecular weight is 435 g/mol. The van der Waals surface area contributed by atoms with E-state index in [1.54, 1.807) is 18.2 Å². The molecule has 0 spiro atoms. The lowest BCUT2D eigenvalue weighted by Crippen LogP contribution is -2.47. The molecule has 1 amide bonds. The molecule has 4 rings (SSSR count). The van der Waals surface area contributed by atoms with E-state index in [0.717, 1.165) is 11.3 Å². The van der Waals surface area contributed by atoms with Crippen LogP contribution >= 0.6 is 11.3 Å². The number of hydrogen-bond donors (Lipinski definition) is 1. The Morgan fingerprint density at radius 3 is 2.66 bits per heavy atom. The van der Waals surface area contributed by atoms with Crippen LogP contribution in [0.2, 0.25) is 0 Å². The number of benzene rings is 2. The van der Waals surface area contributed by atoms with Gasteiger partial charge in [0.1, 0.15) is 5.82 Å². The normalized spacial score (nSPS) is 16.2. The summed E-state index contributed by atoms with van der Waals surface area (Å²) in [6.45, 7) is 2.16. The first-order valence-corrected chi connectivity index (χ1v) is 11.2. The Labute approximate surface area is 171 Å². The Hall–Kier alpha value is -2.40. The Balaban J connectivity index is 1.55. The van der Waals surface area contributed by atoms with Gasteiger partial charge in [-0.3, -0.25) is 10.1 Å². The van der Waals surface area contributed by atoms with Crippen LogP contribution in [0.1, 0.15) is 10.4 Å². The number of fused-ring (bicyclic) bond motifs is 1. The minimum atomic E-state index is -3.67. The monoisotopic (exact) mass is 434 g/mol. The van der Waals surface area contributed by atoms with E-state index in [1.807, 2.05) is 7.05 Å². The number of carbonyl (C=O) groups is 1. The predicted octanol–water partition coefficient (Wildman–Crippen LogP) is 2.62. The maximum absolute atomic E-state index is 13.3. The Kier molecular flexibility index (Phi) is 5.34. The number of anilines is 1. The number of halogens is 1. The lowest BCUT2D eigenvalue weighted by Gasteiger charge is -2.31. The first-order valence-electron chi connectivity index (χ1n) is 8.99. The number of nitrogens with one attached hydrogen (secondary N) is 1. The Bertz CT molecular complexity index is 1170. The number of thiazole rings is 1. The van der Waals surface area contributed by atoms with Gasteiger partial charge in [-0.15, -0.1) is 0 Å². The molecule has 3 aromatic rings. The molecule has 0 bridgehead atoms. The van der Waals surface area contributed by atoms with Crippen LogP contribution in [-0.4, -0.2) is 61.7 Å². The van der Waals surface area contributed by atoms with Crippen molar-refractivity contribution in [2.24, 2.45) is 0 Å². The maximum atomic E-state index is 13.3. The largest absolute Gasteiger partial charge is 0.304 e. The zero-order valence-electron chi connectivity index (χ0n) is 15.6. The fraction of sp³-hybridized carbons (Fsp3) is 0.263. The molecule has 152 valence electrons. The van der Waals surface area contributed by atoms with Crippen molar-refractivity contribution in [2.75, 3.05) is 38.5 Å². The number of sulfonamides is 1. The van der Waals surface area contributed by atoms with Crippen molar-refractivity contribution >= 4 is 42.6 Å². The lowest BCUT2D eigenvalue weighted by atomic mass is 10.2. The van der Waals surface area contributed by atoms with E-state index in [4.69, 9.17) is 0 Å². The van der Waals surface area contributed by atoms with Crippen molar-refractivity contribution in [3.8, 4) is 0 Å². The molecule has 0 radical (unpaired) electrons. The van der Waals surface area contributed by atoms with Gasteiger partial charge in [0.2, 0.25) is 10.0 Å². The van der Waals surface area contributed by atoms with Crippen LogP contribution in [0.15, 0.2) is 47.4 Å². The number of rotatable bonds is 4. The van der Waals surface area contributed by atoms with E-state index in [-0.39, 0.29) is 16.3 Å². The topological polar surface area (TPSA) is 82.6 Å². The molecule has 1 fully saturated rings. The molecule has 1 saturated heterocycles. The summed E-state index contributed by atoms with van der Waals surface area (Å²) in [5, 5.41) is 2.98. The molecule has 0 aliphatic carbocycles. The molecule has 2 aromatic carbocycles. The van der Waals surface area contributed by atoms with Crippen molar-refractivity contribution in [1.82, 2.24) is 14.2 Å². The van der Waals surface area contributed by atoms with Gasteiger partial charge in [0.25, 0.3) is 5.91 Å². The van der Waals surface area contributed by atoms with Gasteiger partial charge in [-0.2, -0.15) is 4.31 Å². The van der Waals surface area contributed by atoms with Gasteiger partial charge in [-0.05, 0) is 43.4 Å². The van der Waals surface area contributed by atoms with Gasteiger partial charge in [-0.25, -0.2) is 17.8 Å². The van der Waals surface area contributed by atoms with Gasteiger partial charge in [0.15, 0.2) is 5.13 Å². The summed E-state index contributed by atoms with van der Waals surface area (Å²) >= 11 is 1.15. The van der Waals surface area contributed by atoms with Crippen LogP contribution in [0.25, 0.3) is 10.2 Å². The highest BCUT2D eigenvalue weighted by Gasteiger charge is 2.28. The zero-order valence-corrected chi connectivity index (χ0v) is 17.3. The van der Waals surface area contributed by atoms with E-state index in [2.05, 4.69) is 15.2 Å². The average Bonchev–Trinajstić information content (AvgIpc) is 3.09. The highest BCUT2D eigenvalue weighted by molar-refractivity contribution is 7.89. The summed E-state index contributed by atoms with van der Waals surface area (Å²) in [4.78, 5) is 19.0. The predicted molar refractivity (Wildman–Crippen MR) is 110 cm³/mol. The van der Waals surface area contributed by atoms with E-state index in [9.17, 15) is 17.6 Å². The smallest absolute Gasteiger partial charge is 0.257 e. The summed E-state index contributed by atoms with van der Waals surface area (Å²) in [6, 6.07) is 10.2. The second-order valence-electron chi connectivity index (χ2n) is 6.82. The molecule has 1 aromatic heterocycles. The maximum Gasteiger partial charge on any atom is 0.257 e. The third-order valence-corrected chi connectivity index (χ3v) is 7.60. The number of aromatic nitrogens is 1. The number of nitrogens with zero attached hydrogens (tertiary/aromatic N) is 3. The van der Waals surface area contributed by atoms with Crippen LogP contribution in [0.4, 0.5) is 9.52 Å². The fourth-order valence-electron chi connectivity index (χ4n) is 3.10. The van der Waals surface area contributed by atoms with Crippen molar-refractivity contribution in [1.29, 1.82) is 0 Å². The van der Waals surface area contributed by atoms with Crippen LogP contribution in [-0.2, 0) is 10.0 Å². The highest BCUT2D eigenvalue weighted by atomic mass is 32.2. The van der Waals surface area contributed by atoms with E-state index < -0.39 is 15.9 Å². The second kappa shape index (κ2) is 7.79. The molecule has 29 heavy (non-hydrogen) atoms. The van der Waals surface area contributed by atoms with Crippen molar-refractivity contribution in [3.63, 3.8) is 0 Å². The van der Waals surface area contributed by atoms with Gasteiger partial charge >= 0.3 is 0 Å². The van der Waals surface area contributed by atoms with Gasteiger partial charge in [0.05, 0.1) is 15.1 Å². The van der Waals surface area contributed by atoms with Gasteiger partial charge < -0.3 is 4.90 Å². The highest BCUT2D eigenvalue weighted by Crippen LogP contribution is 2.27. The van der Waals surface area contributed by atoms with Crippen molar-refractivity contribution in [2.45, 2.75) is 4.90 Å². The van der Waals surface area contributed by atoms with Crippen LogP contribution in [0.5, 0.6) is 0 Å². The fourth-order valence-corrected chi connectivity index (χ4v) is 5.45. The summed E-state index contributed by atoms with van der Waals surface area (Å²) < 4.78 is 41.2. The first kappa shape index (κ1) is 19.9. The minimum absolute atomic E-state index is 0.0843. The Morgan fingerprint density at radius 2 is 1.90 bits per heavy atom. The van der Waals surface area contributed by atoms with Crippen molar-refractivity contribution in [3.05, 3.63) is 53.8 Å². The first-order chi connectivity index (χ1) is 13.8. The number of carbonyl (C=O) groups excluding carboxylic acids is 1. The SMILES string of the molecule is CN1CCN(S(=O)(=O)c2cccc(C(=O)Nc3nc4ccc(F)cc4s3)c2)CC1. The summed E-state index contributed by atoms with van der Waals surface area (Å²) in [5.74, 6) is -0.846. The number of hydrogen-bond acceptors (Lipinski definition) is 6. The quantitative estimate of drug-likeness (QED) is 0.683. The molecular weight excluding hydrogens is 415 g/mol. The molecule has 7 nitrogen and oxygen atoms in total. The number of piperazine rings is 1. The summed E-state index contributed by atoms with van der Waals surface area (Å²) in [5.41, 5.74) is 0.795. The molecule has 2 heterocycles. The second-order valence-corrected chi connectivity index (χ2v) is 9.79. The number of likely N-dealkylation sites (N-methyl/N-ethyl adjacent to an activating group) is 1. The molecule has 10 heteroatoms. The van der Waals surface area contributed by atoms with Crippen molar-refractivity contribution < 1.29 is 17.6 Å². The van der Waals surface area contributed by atoms with E-state index in [1.165, 1.54) is 28.6 Å². The molecule has 1 aliphatic heterocycles. The molecule has 0 atom stereocenters. The van der Waals surface area contributed by atoms with E-state index >= 15 is 0 Å². The molecule has 0 unspecified atom stereocenters. The Morgan fingerprint density at radius 1 is 1.14 bits per heavy atom. The third-order valence-electron chi connectivity index (χ3n) is 4.77. The molecular formula is C19H19FN4O3S2. The summed E-state index contributed by atoms with van der Waals surface area (Å²) in [7, 11) is -1.72. The summed E-state index contributed by atoms with van der Waals surface area (Å²) in [6.07, 6.45) is 0. The van der Waals surface area contributed by atoms with E-state index in [0.29, 0.717) is 41.5 Å². The van der Waals surface area contributed by atoms with Crippen LogP contribution in [0, 0.1) is 5.82 Å². The standard InChI is InChI=1S/C19H19FN4O3S2/c1-23-7-9-24(10-8-23)29(26,27)15-4-2-3-13(11-15)18(25)22-19-21-16-6-5-14(20)12-17(16)28-19/h2-6,11-12H,7-10H2,1H3,(H,21,22,25). The minimum Gasteiger partial charge on any atom is -0.304 e. The molecule has 0 saturated carbocycles. The zero-order chi connectivity index (χ0) is 20.6. The van der Waals surface area contributed by atoms with Crippen LogP contribution in [0.3, 0.4) is 0 Å². The van der Waals surface area contributed by atoms with Gasteiger partial charge in [-0.1, -0.05) is 17.4 Å². The lowest BCUT2D eigenvalue weighted by molar-refractivity contribution is 0.102. The van der Waals surface area contributed by atoms with Crippen LogP contribution < -0.4 is 5.32 Å². The van der Waals surface area contributed by atoms with Gasteiger partial charge in [0, 0.05) is 31.7 Å². The third kappa shape index (κ3) is 4.15.